The maximum absolute atomic E-state index is 13.3. The van der Waals surface area contributed by atoms with Gasteiger partial charge in [0.2, 0.25) is 0 Å². The number of carbonyl (C=O) groups excluding carboxylic acids is 2. The Bertz CT molecular complexity index is 756. The van der Waals surface area contributed by atoms with Crippen LogP contribution in [0.3, 0.4) is 0 Å². The third kappa shape index (κ3) is 3.76. The molecule has 0 bridgehead atoms. The predicted octanol–water partition coefficient (Wildman–Crippen LogP) is 4.72. The zero-order valence-corrected chi connectivity index (χ0v) is 19.9. The Morgan fingerprint density at radius 1 is 1.16 bits per heavy atom. The van der Waals surface area contributed by atoms with Crippen molar-refractivity contribution in [1.82, 2.24) is 0 Å². The average Bonchev–Trinajstić information content (AvgIpc) is 3.01. The average molecular weight is 431 g/mol. The summed E-state index contributed by atoms with van der Waals surface area (Å²) in [6, 6.07) is 0. The van der Waals surface area contributed by atoms with Gasteiger partial charge in [0, 0.05) is 31.3 Å². The molecule has 0 aromatic rings. The minimum atomic E-state index is -0.222. The van der Waals surface area contributed by atoms with Crippen LogP contribution < -0.4 is 0 Å². The minimum Gasteiger partial charge on any atom is -0.396 e. The SMILES string of the molecule is CC(CO)CCC(=O)C(C)C1C(=O)CC2C3CC=C4C[C@@H](O)CC[C@]4(C)C3CC[C@@]21C. The van der Waals surface area contributed by atoms with Crippen LogP contribution in [0.25, 0.3) is 0 Å². The van der Waals surface area contributed by atoms with E-state index >= 15 is 0 Å². The van der Waals surface area contributed by atoms with E-state index < -0.39 is 0 Å². The number of hydrogen-bond donors (Lipinski definition) is 2. The molecular weight excluding hydrogens is 388 g/mol. The molecule has 31 heavy (non-hydrogen) atoms. The summed E-state index contributed by atoms with van der Waals surface area (Å²) in [7, 11) is 0. The van der Waals surface area contributed by atoms with Gasteiger partial charge < -0.3 is 10.2 Å². The molecule has 9 atom stereocenters. The molecule has 0 amide bonds. The van der Waals surface area contributed by atoms with Gasteiger partial charge >= 0.3 is 0 Å². The molecular formula is C27H42O4. The maximum Gasteiger partial charge on any atom is 0.137 e. The van der Waals surface area contributed by atoms with Gasteiger partial charge in [0.1, 0.15) is 11.6 Å². The van der Waals surface area contributed by atoms with Crippen molar-refractivity contribution in [1.29, 1.82) is 0 Å². The van der Waals surface area contributed by atoms with E-state index in [1.165, 1.54) is 5.57 Å². The molecule has 0 spiro atoms. The van der Waals surface area contributed by atoms with E-state index in [0.29, 0.717) is 42.8 Å². The van der Waals surface area contributed by atoms with Crippen LogP contribution in [0.4, 0.5) is 0 Å². The molecule has 3 saturated carbocycles. The first-order chi connectivity index (χ1) is 14.6. The minimum absolute atomic E-state index is 0.0776. The maximum atomic E-state index is 13.3. The van der Waals surface area contributed by atoms with Crippen LogP contribution in [0, 0.1) is 46.3 Å². The predicted molar refractivity (Wildman–Crippen MR) is 121 cm³/mol. The highest BCUT2D eigenvalue weighted by molar-refractivity contribution is 5.92. The number of Topliss-reactive ketones (excluding diaryl/α,β-unsaturated/α-hetero) is 2. The number of carbonyl (C=O) groups is 2. The second kappa shape index (κ2) is 8.41. The van der Waals surface area contributed by atoms with Crippen LogP contribution in [-0.2, 0) is 9.59 Å². The van der Waals surface area contributed by atoms with Crippen LogP contribution in [0.1, 0.15) is 85.5 Å². The van der Waals surface area contributed by atoms with Crippen LogP contribution >= 0.6 is 0 Å². The van der Waals surface area contributed by atoms with E-state index in [0.717, 1.165) is 38.5 Å². The second-order valence-corrected chi connectivity index (χ2v) is 11.9. The van der Waals surface area contributed by atoms with Gasteiger partial charge in [-0.25, -0.2) is 0 Å². The van der Waals surface area contributed by atoms with Crippen molar-refractivity contribution in [3.05, 3.63) is 11.6 Å². The molecule has 4 aliphatic carbocycles. The quantitative estimate of drug-likeness (QED) is 0.598. The molecule has 2 N–H and O–H groups in total. The van der Waals surface area contributed by atoms with Crippen LogP contribution in [0.2, 0.25) is 0 Å². The summed E-state index contributed by atoms with van der Waals surface area (Å²) in [5.74, 6) is 1.75. The van der Waals surface area contributed by atoms with Crippen LogP contribution in [0.5, 0.6) is 0 Å². The van der Waals surface area contributed by atoms with Crippen LogP contribution in [0.15, 0.2) is 11.6 Å². The summed E-state index contributed by atoms with van der Waals surface area (Å²) in [6.45, 7) is 8.77. The van der Waals surface area contributed by atoms with Crippen LogP contribution in [-0.4, -0.2) is 34.5 Å². The first kappa shape index (κ1) is 23.2. The summed E-state index contributed by atoms with van der Waals surface area (Å²) < 4.78 is 0. The zero-order valence-electron chi connectivity index (χ0n) is 19.9. The fourth-order valence-corrected chi connectivity index (χ4v) is 8.22. The highest BCUT2D eigenvalue weighted by Gasteiger charge is 2.62. The van der Waals surface area contributed by atoms with Crippen molar-refractivity contribution >= 4 is 11.6 Å². The van der Waals surface area contributed by atoms with Gasteiger partial charge in [-0.15, -0.1) is 0 Å². The number of ketones is 2. The first-order valence-corrected chi connectivity index (χ1v) is 12.7. The molecule has 0 heterocycles. The lowest BCUT2D eigenvalue weighted by molar-refractivity contribution is -0.134. The molecule has 4 heteroatoms. The number of allylic oxidation sites excluding steroid dienone is 1. The summed E-state index contributed by atoms with van der Waals surface area (Å²) in [5.41, 5.74) is 1.55. The summed E-state index contributed by atoms with van der Waals surface area (Å²) >= 11 is 0. The molecule has 0 aliphatic heterocycles. The van der Waals surface area contributed by atoms with E-state index in [1.807, 2.05) is 13.8 Å². The largest absolute Gasteiger partial charge is 0.396 e. The normalized spacial score (nSPS) is 44.0. The monoisotopic (exact) mass is 430 g/mol. The molecule has 6 unspecified atom stereocenters. The van der Waals surface area contributed by atoms with Gasteiger partial charge in [0.25, 0.3) is 0 Å². The molecule has 4 aliphatic rings. The Labute approximate surface area is 187 Å². The summed E-state index contributed by atoms with van der Waals surface area (Å²) in [4.78, 5) is 26.3. The molecule has 4 rings (SSSR count). The van der Waals surface area contributed by atoms with E-state index in [1.54, 1.807) is 0 Å². The molecule has 0 radical (unpaired) electrons. The van der Waals surface area contributed by atoms with E-state index in [4.69, 9.17) is 0 Å². The topological polar surface area (TPSA) is 74.6 Å². The molecule has 0 aromatic heterocycles. The lowest BCUT2D eigenvalue weighted by Crippen LogP contribution is -2.51. The third-order valence-corrected chi connectivity index (χ3v) is 10.2. The van der Waals surface area contributed by atoms with Crippen molar-refractivity contribution in [3.8, 4) is 0 Å². The number of fused-ring (bicyclic) bond motifs is 5. The Balaban J connectivity index is 1.54. The lowest BCUT2D eigenvalue weighted by Gasteiger charge is -2.58. The van der Waals surface area contributed by atoms with Crippen molar-refractivity contribution in [2.24, 2.45) is 46.3 Å². The number of aliphatic hydroxyl groups is 2. The number of rotatable bonds is 6. The fraction of sp³-hybridized carbons (Fsp3) is 0.852. The van der Waals surface area contributed by atoms with Gasteiger partial charge in [-0.1, -0.05) is 39.3 Å². The Morgan fingerprint density at radius 2 is 1.90 bits per heavy atom. The summed E-state index contributed by atoms with van der Waals surface area (Å²) in [5, 5.41) is 19.5. The van der Waals surface area contributed by atoms with Crippen molar-refractivity contribution in [2.75, 3.05) is 6.61 Å². The molecule has 174 valence electrons. The van der Waals surface area contributed by atoms with Gasteiger partial charge in [-0.2, -0.15) is 0 Å². The fourth-order valence-electron chi connectivity index (χ4n) is 8.22. The third-order valence-electron chi connectivity index (χ3n) is 10.2. The van der Waals surface area contributed by atoms with Crippen molar-refractivity contribution < 1.29 is 19.8 Å². The zero-order chi connectivity index (χ0) is 22.6. The van der Waals surface area contributed by atoms with E-state index in [9.17, 15) is 19.8 Å². The van der Waals surface area contributed by atoms with E-state index in [2.05, 4.69) is 19.9 Å². The Morgan fingerprint density at radius 3 is 2.61 bits per heavy atom. The van der Waals surface area contributed by atoms with Gasteiger partial charge in [-0.3, -0.25) is 9.59 Å². The lowest BCUT2D eigenvalue weighted by atomic mass is 9.47. The molecule has 4 nitrogen and oxygen atoms in total. The second-order valence-electron chi connectivity index (χ2n) is 11.9. The summed E-state index contributed by atoms with van der Waals surface area (Å²) in [6.07, 6.45) is 9.96. The standard InChI is InChI=1S/C27H42O4/c1-16(15-28)5-8-23(30)17(2)25-24(31)14-22-20-7-6-18-13-19(29)9-11-26(18,3)21(20)10-12-27(22,25)4/h6,16-17,19-22,25,28-29H,5,7-15H2,1-4H3/t16?,17?,19-,20?,21?,22?,25?,26-,27-/m0/s1. The van der Waals surface area contributed by atoms with E-state index in [-0.39, 0.29) is 47.1 Å². The van der Waals surface area contributed by atoms with Gasteiger partial charge in [-0.05, 0) is 79.4 Å². The van der Waals surface area contributed by atoms with Gasteiger partial charge in [0.15, 0.2) is 0 Å². The molecule has 0 saturated heterocycles. The Hall–Kier alpha value is -1.00. The highest BCUT2D eigenvalue weighted by atomic mass is 16.3. The Kier molecular flexibility index (Phi) is 6.28. The number of aliphatic hydroxyl groups excluding tert-OH is 2. The van der Waals surface area contributed by atoms with Gasteiger partial charge in [0.05, 0.1) is 6.10 Å². The van der Waals surface area contributed by atoms with Crippen molar-refractivity contribution in [2.45, 2.75) is 91.6 Å². The molecule has 0 aromatic carbocycles. The smallest absolute Gasteiger partial charge is 0.137 e. The number of hydrogen-bond acceptors (Lipinski definition) is 4. The molecule has 3 fully saturated rings. The first-order valence-electron chi connectivity index (χ1n) is 12.7. The highest BCUT2D eigenvalue weighted by Crippen LogP contribution is 2.66. The van der Waals surface area contributed by atoms with Crippen molar-refractivity contribution in [3.63, 3.8) is 0 Å².